The zero-order chi connectivity index (χ0) is 18.1. The van der Waals surface area contributed by atoms with Crippen LogP contribution in [0, 0.1) is 5.82 Å². The summed E-state index contributed by atoms with van der Waals surface area (Å²) < 4.78 is 13.3. The number of carbonyl (C=O) groups excluding carboxylic acids is 2. The molecule has 0 atom stereocenters. The highest BCUT2D eigenvalue weighted by Crippen LogP contribution is 2.22. The maximum Gasteiger partial charge on any atom is 0.270 e. The standard InChI is InChI=1S/C20H18FN3O2/c21-15-5-3-4-13(10-15)19(25)22-16-6-7-17-14(11-16)12-18(23-17)20(26)24-8-1-2-9-24/h3-7,10-12,23H,1-2,8-9H2,(H,22,25). The first kappa shape index (κ1) is 16.3. The molecule has 0 unspecified atom stereocenters. The first-order chi connectivity index (χ1) is 12.6. The van der Waals surface area contributed by atoms with Crippen LogP contribution in [0.3, 0.4) is 0 Å². The lowest BCUT2D eigenvalue weighted by Crippen LogP contribution is -2.27. The number of carbonyl (C=O) groups is 2. The Bertz CT molecular complexity index is 990. The van der Waals surface area contributed by atoms with Gasteiger partial charge in [0.1, 0.15) is 11.5 Å². The van der Waals surface area contributed by atoms with Crippen molar-refractivity contribution in [3.05, 3.63) is 65.6 Å². The highest BCUT2D eigenvalue weighted by Gasteiger charge is 2.21. The number of nitrogens with zero attached hydrogens (tertiary/aromatic N) is 1. The van der Waals surface area contributed by atoms with E-state index in [2.05, 4.69) is 10.3 Å². The summed E-state index contributed by atoms with van der Waals surface area (Å²) in [5, 5.41) is 3.59. The predicted molar refractivity (Wildman–Crippen MR) is 97.8 cm³/mol. The summed E-state index contributed by atoms with van der Waals surface area (Å²) in [6.07, 6.45) is 2.09. The Balaban J connectivity index is 1.55. The van der Waals surface area contributed by atoms with Crippen LogP contribution in [0.15, 0.2) is 48.5 Å². The summed E-state index contributed by atoms with van der Waals surface area (Å²) >= 11 is 0. The second-order valence-corrected chi connectivity index (χ2v) is 6.45. The van der Waals surface area contributed by atoms with E-state index in [1.54, 1.807) is 24.3 Å². The van der Waals surface area contributed by atoms with Gasteiger partial charge in [-0.25, -0.2) is 4.39 Å². The zero-order valence-corrected chi connectivity index (χ0v) is 14.1. The number of anilines is 1. The third-order valence-corrected chi connectivity index (χ3v) is 4.59. The summed E-state index contributed by atoms with van der Waals surface area (Å²) in [4.78, 5) is 29.7. The van der Waals surface area contributed by atoms with Crippen LogP contribution in [-0.2, 0) is 0 Å². The fraction of sp³-hybridized carbons (Fsp3) is 0.200. The molecule has 2 heterocycles. The maximum atomic E-state index is 13.3. The minimum absolute atomic E-state index is 0.00375. The molecule has 1 fully saturated rings. The van der Waals surface area contributed by atoms with Gasteiger partial charge in [0.15, 0.2) is 0 Å². The highest BCUT2D eigenvalue weighted by atomic mass is 19.1. The molecule has 2 aromatic carbocycles. The molecule has 1 aliphatic rings. The molecule has 5 nitrogen and oxygen atoms in total. The molecule has 0 bridgehead atoms. The number of amides is 2. The molecule has 0 radical (unpaired) electrons. The molecule has 1 saturated heterocycles. The zero-order valence-electron chi connectivity index (χ0n) is 14.1. The number of nitrogens with one attached hydrogen (secondary N) is 2. The number of H-pyrrole nitrogens is 1. The van der Waals surface area contributed by atoms with Gasteiger partial charge in [0.25, 0.3) is 11.8 Å². The van der Waals surface area contributed by atoms with E-state index in [1.807, 2.05) is 11.0 Å². The molecule has 0 spiro atoms. The molecule has 1 aromatic heterocycles. The smallest absolute Gasteiger partial charge is 0.270 e. The molecule has 1 aliphatic heterocycles. The molecule has 3 aromatic rings. The maximum absolute atomic E-state index is 13.3. The van der Waals surface area contributed by atoms with Crippen molar-refractivity contribution >= 4 is 28.4 Å². The van der Waals surface area contributed by atoms with Crippen LogP contribution in [-0.4, -0.2) is 34.8 Å². The number of fused-ring (bicyclic) bond motifs is 1. The number of likely N-dealkylation sites (tertiary alicyclic amines) is 1. The molecule has 2 N–H and O–H groups in total. The summed E-state index contributed by atoms with van der Waals surface area (Å²) in [5.74, 6) is -0.833. The molecule has 26 heavy (non-hydrogen) atoms. The Labute approximate surface area is 149 Å². The van der Waals surface area contributed by atoms with Crippen molar-refractivity contribution in [3.63, 3.8) is 0 Å². The largest absolute Gasteiger partial charge is 0.351 e. The van der Waals surface area contributed by atoms with Crippen LogP contribution in [0.2, 0.25) is 0 Å². The number of hydrogen-bond donors (Lipinski definition) is 2. The van der Waals surface area contributed by atoms with Gasteiger partial charge in [-0.3, -0.25) is 9.59 Å². The third-order valence-electron chi connectivity index (χ3n) is 4.59. The highest BCUT2D eigenvalue weighted by molar-refractivity contribution is 6.05. The van der Waals surface area contributed by atoms with Crippen molar-refractivity contribution in [2.45, 2.75) is 12.8 Å². The Morgan fingerprint density at radius 3 is 2.62 bits per heavy atom. The second-order valence-electron chi connectivity index (χ2n) is 6.45. The van der Waals surface area contributed by atoms with Crippen LogP contribution in [0.1, 0.15) is 33.7 Å². The van der Waals surface area contributed by atoms with Gasteiger partial charge in [-0.15, -0.1) is 0 Å². The second kappa shape index (κ2) is 6.63. The number of benzene rings is 2. The average molecular weight is 351 g/mol. The summed E-state index contributed by atoms with van der Waals surface area (Å²) in [7, 11) is 0. The van der Waals surface area contributed by atoms with E-state index in [0.29, 0.717) is 11.4 Å². The van der Waals surface area contributed by atoms with E-state index >= 15 is 0 Å². The van der Waals surface area contributed by atoms with E-state index in [0.717, 1.165) is 36.8 Å². The van der Waals surface area contributed by atoms with Crippen molar-refractivity contribution in [2.75, 3.05) is 18.4 Å². The number of rotatable bonds is 3. The van der Waals surface area contributed by atoms with Gasteiger partial charge in [-0.05, 0) is 55.3 Å². The van der Waals surface area contributed by atoms with Crippen LogP contribution >= 0.6 is 0 Å². The molecular formula is C20H18FN3O2. The third kappa shape index (κ3) is 3.18. The fourth-order valence-corrected chi connectivity index (χ4v) is 3.25. The summed E-state index contributed by atoms with van der Waals surface area (Å²) in [6, 6.07) is 12.7. The Morgan fingerprint density at radius 2 is 1.85 bits per heavy atom. The molecule has 2 amide bonds. The Kier molecular flexibility index (Phi) is 4.16. The van der Waals surface area contributed by atoms with E-state index < -0.39 is 5.82 Å². The normalized spacial score (nSPS) is 14.0. The number of halogens is 1. The fourth-order valence-electron chi connectivity index (χ4n) is 3.25. The molecule has 4 rings (SSSR count). The van der Waals surface area contributed by atoms with Crippen LogP contribution in [0.5, 0.6) is 0 Å². The van der Waals surface area contributed by atoms with Crippen molar-refractivity contribution in [1.29, 1.82) is 0 Å². The molecule has 6 heteroatoms. The van der Waals surface area contributed by atoms with E-state index in [4.69, 9.17) is 0 Å². The number of aromatic nitrogens is 1. The van der Waals surface area contributed by atoms with Crippen molar-refractivity contribution < 1.29 is 14.0 Å². The lowest BCUT2D eigenvalue weighted by Gasteiger charge is -2.13. The van der Waals surface area contributed by atoms with Crippen molar-refractivity contribution in [3.8, 4) is 0 Å². The average Bonchev–Trinajstić information content (AvgIpc) is 3.30. The van der Waals surface area contributed by atoms with Crippen molar-refractivity contribution in [2.24, 2.45) is 0 Å². The first-order valence-corrected chi connectivity index (χ1v) is 8.59. The molecular weight excluding hydrogens is 333 g/mol. The van der Waals surface area contributed by atoms with Gasteiger partial charge >= 0.3 is 0 Å². The van der Waals surface area contributed by atoms with E-state index in [-0.39, 0.29) is 17.4 Å². The molecule has 0 aliphatic carbocycles. The quantitative estimate of drug-likeness (QED) is 0.754. The summed E-state index contributed by atoms with van der Waals surface area (Å²) in [6.45, 7) is 1.59. The minimum Gasteiger partial charge on any atom is -0.351 e. The van der Waals surface area contributed by atoms with Gasteiger partial charge in [0.2, 0.25) is 0 Å². The van der Waals surface area contributed by atoms with Crippen LogP contribution < -0.4 is 5.32 Å². The van der Waals surface area contributed by atoms with Gasteiger partial charge in [-0.1, -0.05) is 6.07 Å². The number of hydrogen-bond acceptors (Lipinski definition) is 2. The Hall–Kier alpha value is -3.15. The molecule has 0 saturated carbocycles. The predicted octanol–water partition coefficient (Wildman–Crippen LogP) is 3.80. The van der Waals surface area contributed by atoms with Gasteiger partial charge < -0.3 is 15.2 Å². The lowest BCUT2D eigenvalue weighted by molar-refractivity contribution is 0.0787. The number of aromatic amines is 1. The topological polar surface area (TPSA) is 65.2 Å². The SMILES string of the molecule is O=C(Nc1ccc2[nH]c(C(=O)N3CCCC3)cc2c1)c1cccc(F)c1. The Morgan fingerprint density at radius 1 is 1.04 bits per heavy atom. The van der Waals surface area contributed by atoms with Crippen molar-refractivity contribution in [1.82, 2.24) is 9.88 Å². The van der Waals surface area contributed by atoms with Gasteiger partial charge in [0.05, 0.1) is 0 Å². The summed E-state index contributed by atoms with van der Waals surface area (Å²) in [5.41, 5.74) is 2.22. The van der Waals surface area contributed by atoms with E-state index in [1.165, 1.54) is 18.2 Å². The van der Waals surface area contributed by atoms with Crippen LogP contribution in [0.4, 0.5) is 10.1 Å². The first-order valence-electron chi connectivity index (χ1n) is 8.59. The van der Waals surface area contributed by atoms with E-state index in [9.17, 15) is 14.0 Å². The monoisotopic (exact) mass is 351 g/mol. The minimum atomic E-state index is -0.455. The van der Waals surface area contributed by atoms with Gasteiger partial charge in [0, 0.05) is 35.2 Å². The lowest BCUT2D eigenvalue weighted by atomic mass is 10.2. The molecule has 132 valence electrons. The van der Waals surface area contributed by atoms with Gasteiger partial charge in [-0.2, -0.15) is 0 Å². The van der Waals surface area contributed by atoms with Crippen LogP contribution in [0.25, 0.3) is 10.9 Å².